The van der Waals surface area contributed by atoms with Gasteiger partial charge in [-0.2, -0.15) is 8.42 Å². The Morgan fingerprint density at radius 3 is 2.11 bits per heavy atom. The molecule has 0 heterocycles. The third-order valence-corrected chi connectivity index (χ3v) is 3.37. The van der Waals surface area contributed by atoms with Crippen LogP contribution in [-0.2, 0) is 14.3 Å². The van der Waals surface area contributed by atoms with E-state index in [-0.39, 0.29) is 11.5 Å². The van der Waals surface area contributed by atoms with Crippen LogP contribution in [0, 0.1) is 6.92 Å². The van der Waals surface area contributed by atoms with Crippen molar-refractivity contribution in [1.82, 2.24) is 0 Å². The highest BCUT2D eigenvalue weighted by molar-refractivity contribution is 7.86. The van der Waals surface area contributed by atoms with Crippen molar-refractivity contribution in [2.45, 2.75) is 31.6 Å². The first-order chi connectivity index (χ1) is 8.79. The Morgan fingerprint density at radius 1 is 1.21 bits per heavy atom. The van der Waals surface area contributed by atoms with Crippen molar-refractivity contribution in [3.63, 3.8) is 0 Å². The van der Waals surface area contributed by atoms with Crippen LogP contribution in [0.5, 0.6) is 0 Å². The van der Waals surface area contributed by atoms with Gasteiger partial charge in [0, 0.05) is 0 Å². The third-order valence-electron chi connectivity index (χ3n) is 2.05. The Balaban J connectivity index is 0.000000711. The minimum absolute atomic E-state index is 0.226. The summed E-state index contributed by atoms with van der Waals surface area (Å²) in [6, 6.07) is 6.65. The molecular formula is C12H18O6S. The molecule has 108 valence electrons. The van der Waals surface area contributed by atoms with Crippen LogP contribution in [0.4, 0.5) is 4.79 Å². The molecule has 19 heavy (non-hydrogen) atoms. The number of hydrogen-bond acceptors (Lipinski definition) is 4. The van der Waals surface area contributed by atoms with Gasteiger partial charge in [-0.15, -0.1) is 0 Å². The summed E-state index contributed by atoms with van der Waals surface area (Å²) in [5.41, 5.74) is 1.03. The van der Waals surface area contributed by atoms with Crippen molar-refractivity contribution in [2.75, 3.05) is 6.61 Å². The van der Waals surface area contributed by atoms with Crippen LogP contribution in [0.15, 0.2) is 29.2 Å². The minimum atomic E-state index is -3.55. The Morgan fingerprint density at radius 2 is 1.68 bits per heavy atom. The van der Waals surface area contributed by atoms with Crippen molar-refractivity contribution in [1.29, 1.82) is 0 Å². The second-order valence-electron chi connectivity index (χ2n) is 3.73. The van der Waals surface area contributed by atoms with E-state index in [1.807, 2.05) is 13.8 Å². The van der Waals surface area contributed by atoms with Gasteiger partial charge in [0.05, 0.1) is 11.5 Å². The number of carboxylic acid groups (broad SMARTS) is 2. The highest BCUT2D eigenvalue weighted by Gasteiger charge is 2.13. The smallest absolute Gasteiger partial charge is 0.450 e. The lowest BCUT2D eigenvalue weighted by atomic mass is 10.2. The number of benzene rings is 1. The summed E-state index contributed by atoms with van der Waals surface area (Å²) in [7, 11) is -3.55. The Bertz CT molecular complexity index is 473. The molecule has 0 unspecified atom stereocenters. The molecule has 2 N–H and O–H groups in total. The number of unbranched alkanes of at least 4 members (excludes halogenated alkanes) is 1. The zero-order valence-electron chi connectivity index (χ0n) is 10.9. The predicted molar refractivity (Wildman–Crippen MR) is 69.9 cm³/mol. The zero-order valence-corrected chi connectivity index (χ0v) is 11.7. The van der Waals surface area contributed by atoms with Gasteiger partial charge < -0.3 is 10.2 Å². The highest BCUT2D eigenvalue weighted by atomic mass is 32.2. The molecule has 0 saturated carbocycles. The Kier molecular flexibility index (Phi) is 7.78. The van der Waals surface area contributed by atoms with Gasteiger partial charge >= 0.3 is 6.16 Å². The van der Waals surface area contributed by atoms with Crippen LogP contribution in [0.2, 0.25) is 0 Å². The summed E-state index contributed by atoms with van der Waals surface area (Å²) >= 11 is 0. The monoisotopic (exact) mass is 290 g/mol. The molecule has 1 aromatic carbocycles. The minimum Gasteiger partial charge on any atom is -0.450 e. The summed E-state index contributed by atoms with van der Waals surface area (Å²) in [6.45, 7) is 4.16. The van der Waals surface area contributed by atoms with Gasteiger partial charge in [0.15, 0.2) is 0 Å². The molecule has 0 aromatic heterocycles. The topological polar surface area (TPSA) is 101 Å². The molecule has 7 heteroatoms. The van der Waals surface area contributed by atoms with Gasteiger partial charge in [-0.25, -0.2) is 4.79 Å². The van der Waals surface area contributed by atoms with Crippen molar-refractivity contribution >= 4 is 16.3 Å². The maximum absolute atomic E-state index is 11.6. The van der Waals surface area contributed by atoms with Gasteiger partial charge in [0.2, 0.25) is 0 Å². The van der Waals surface area contributed by atoms with E-state index in [1.165, 1.54) is 0 Å². The summed E-state index contributed by atoms with van der Waals surface area (Å²) < 4.78 is 28.1. The summed E-state index contributed by atoms with van der Waals surface area (Å²) in [5.74, 6) is 0. The molecule has 0 aliphatic carbocycles. The van der Waals surface area contributed by atoms with Crippen molar-refractivity contribution in [3.05, 3.63) is 29.8 Å². The second-order valence-corrected chi connectivity index (χ2v) is 5.34. The lowest BCUT2D eigenvalue weighted by Crippen LogP contribution is -2.07. The molecule has 0 spiro atoms. The fourth-order valence-corrected chi connectivity index (χ4v) is 2.03. The second kappa shape index (κ2) is 8.49. The lowest BCUT2D eigenvalue weighted by Gasteiger charge is -2.04. The molecule has 0 aliphatic rings. The van der Waals surface area contributed by atoms with Crippen LogP contribution in [0.25, 0.3) is 0 Å². The number of rotatable bonds is 5. The summed E-state index contributed by atoms with van der Waals surface area (Å²) in [4.78, 5) is 8.78. The highest BCUT2D eigenvalue weighted by Crippen LogP contribution is 2.13. The van der Waals surface area contributed by atoms with Gasteiger partial charge in [-0.1, -0.05) is 31.0 Å². The van der Waals surface area contributed by atoms with E-state index in [9.17, 15) is 8.42 Å². The lowest BCUT2D eigenvalue weighted by molar-refractivity contribution is 0.137. The van der Waals surface area contributed by atoms with E-state index in [1.54, 1.807) is 24.3 Å². The van der Waals surface area contributed by atoms with Crippen molar-refractivity contribution < 1.29 is 27.6 Å². The van der Waals surface area contributed by atoms with Crippen LogP contribution in [0.3, 0.4) is 0 Å². The fraction of sp³-hybridized carbons (Fsp3) is 0.417. The van der Waals surface area contributed by atoms with E-state index < -0.39 is 16.3 Å². The van der Waals surface area contributed by atoms with Crippen molar-refractivity contribution in [3.8, 4) is 0 Å². The predicted octanol–water partition coefficient (Wildman–Crippen LogP) is 2.72. The molecule has 0 saturated heterocycles. The third kappa shape index (κ3) is 8.17. The van der Waals surface area contributed by atoms with Gasteiger partial charge in [-0.3, -0.25) is 4.18 Å². The molecule has 0 amide bonds. The maximum atomic E-state index is 11.6. The maximum Gasteiger partial charge on any atom is 0.503 e. The number of hydrogen-bond donors (Lipinski definition) is 2. The van der Waals surface area contributed by atoms with E-state index in [4.69, 9.17) is 19.2 Å². The van der Waals surface area contributed by atoms with Crippen LogP contribution in [0.1, 0.15) is 25.3 Å². The molecule has 1 rings (SSSR count). The van der Waals surface area contributed by atoms with E-state index >= 15 is 0 Å². The molecule has 1 aromatic rings. The fourth-order valence-electron chi connectivity index (χ4n) is 1.09. The Hall–Kier alpha value is -1.60. The summed E-state index contributed by atoms with van der Waals surface area (Å²) in [6.07, 6.45) is -0.158. The molecular weight excluding hydrogens is 272 g/mol. The largest absolute Gasteiger partial charge is 0.503 e. The van der Waals surface area contributed by atoms with Gasteiger partial charge in [0.25, 0.3) is 10.1 Å². The normalized spacial score (nSPS) is 10.4. The number of aryl methyl sites for hydroxylation is 1. The van der Waals surface area contributed by atoms with Gasteiger partial charge in [0.1, 0.15) is 0 Å². The first-order valence-corrected chi connectivity index (χ1v) is 7.08. The van der Waals surface area contributed by atoms with E-state index in [0.29, 0.717) is 0 Å². The SMILES string of the molecule is CCCCOS(=O)(=O)c1ccc(C)cc1.O=C(O)O. The Labute approximate surface area is 112 Å². The molecule has 6 nitrogen and oxygen atoms in total. The molecule has 0 radical (unpaired) electrons. The molecule has 0 atom stereocenters. The van der Waals surface area contributed by atoms with Crippen LogP contribution in [-0.4, -0.2) is 31.4 Å². The zero-order chi connectivity index (χ0) is 14.9. The van der Waals surface area contributed by atoms with Crippen LogP contribution < -0.4 is 0 Å². The van der Waals surface area contributed by atoms with Crippen molar-refractivity contribution in [2.24, 2.45) is 0 Å². The average molecular weight is 290 g/mol. The standard InChI is InChI=1S/C11H16O3S.CH2O3/c1-3-4-9-14-15(12,13)11-7-5-10(2)6-8-11;2-1(3)4/h5-8H,3-4,9H2,1-2H3;(H2,2,3,4). The average Bonchev–Trinajstić information content (AvgIpc) is 2.29. The van der Waals surface area contributed by atoms with Gasteiger partial charge in [-0.05, 0) is 25.5 Å². The number of carbonyl (C=O) groups is 1. The van der Waals surface area contributed by atoms with E-state index in [2.05, 4.69) is 0 Å². The summed E-state index contributed by atoms with van der Waals surface area (Å²) in [5, 5.41) is 13.9. The quantitative estimate of drug-likeness (QED) is 0.638. The van der Waals surface area contributed by atoms with Crippen LogP contribution >= 0.6 is 0 Å². The molecule has 0 aliphatic heterocycles. The van der Waals surface area contributed by atoms with E-state index in [0.717, 1.165) is 18.4 Å². The first kappa shape index (κ1) is 17.4. The molecule has 0 fully saturated rings. The first-order valence-electron chi connectivity index (χ1n) is 5.67. The molecule has 0 bridgehead atoms.